The van der Waals surface area contributed by atoms with Gasteiger partial charge in [-0.05, 0) is 5.41 Å². The Morgan fingerprint density at radius 1 is 0.833 bits per heavy atom. The van der Waals surface area contributed by atoms with Gasteiger partial charge in [-0.15, -0.1) is 0 Å². The topological polar surface area (TPSA) is 0 Å². The summed E-state index contributed by atoms with van der Waals surface area (Å²) < 4.78 is 0. The summed E-state index contributed by atoms with van der Waals surface area (Å²) in [4.78, 5) is 0. The minimum Gasteiger partial charge on any atom is -1.00 e. The van der Waals surface area contributed by atoms with Crippen LogP contribution >= 0.6 is 0 Å². The van der Waals surface area contributed by atoms with Gasteiger partial charge in [-0.2, -0.15) is 16.8 Å². The van der Waals surface area contributed by atoms with Crippen LogP contribution in [0.25, 0.3) is 0 Å². The van der Waals surface area contributed by atoms with Gasteiger partial charge in [0.15, 0.2) is 0 Å². The average Bonchev–Trinajstić information content (AvgIpc) is 3.09. The fraction of sp³-hybridized carbons (Fsp3) is 0.421. The fourth-order valence-electron chi connectivity index (χ4n) is 3.94. The van der Waals surface area contributed by atoms with Crippen LogP contribution in [0.3, 0.4) is 0 Å². The number of benzene rings is 1. The third-order valence-electron chi connectivity index (χ3n) is 4.92. The van der Waals surface area contributed by atoms with Crippen molar-refractivity contribution in [1.82, 2.24) is 0 Å². The molecular formula is C19H25Cl3SiTi. The maximum Gasteiger partial charge on any atom is 4.00 e. The van der Waals surface area contributed by atoms with E-state index in [-0.39, 0.29) is 64.4 Å². The van der Waals surface area contributed by atoms with Crippen LogP contribution in [0.5, 0.6) is 0 Å². The summed E-state index contributed by atoms with van der Waals surface area (Å²) in [6.45, 7) is 7.07. The molecule has 0 aliphatic carbocycles. The zero-order valence-corrected chi connectivity index (χ0v) is 19.4. The van der Waals surface area contributed by atoms with Crippen molar-refractivity contribution in [3.05, 3.63) is 54.1 Å². The average molecular weight is 436 g/mol. The zero-order chi connectivity index (χ0) is 14.2. The largest absolute Gasteiger partial charge is 4.00 e. The summed E-state index contributed by atoms with van der Waals surface area (Å²) in [5.41, 5.74) is 1.85. The number of halogens is 3. The Balaban J connectivity index is 0. The van der Waals surface area contributed by atoms with Gasteiger partial charge in [-0.25, -0.2) is 12.1 Å². The van der Waals surface area contributed by atoms with Crippen LogP contribution in [0.15, 0.2) is 48.5 Å². The van der Waals surface area contributed by atoms with E-state index in [1.165, 1.54) is 24.9 Å². The second kappa shape index (κ2) is 10.5. The molecule has 1 aliphatic rings. The van der Waals surface area contributed by atoms with Crippen molar-refractivity contribution in [2.24, 2.45) is 0 Å². The summed E-state index contributed by atoms with van der Waals surface area (Å²) in [7, 11) is -1.49. The molecule has 0 N–H and O–H groups in total. The summed E-state index contributed by atoms with van der Waals surface area (Å²) in [6.07, 6.45) is 2.83. The van der Waals surface area contributed by atoms with Crippen molar-refractivity contribution in [2.75, 3.05) is 0 Å². The molecule has 0 atom stereocenters. The van der Waals surface area contributed by atoms with Gasteiger partial charge < -0.3 is 37.2 Å². The minimum atomic E-state index is -1.49. The summed E-state index contributed by atoms with van der Waals surface area (Å²) in [5, 5.41) is 3.36. The molecule has 2 aromatic carbocycles. The molecule has 0 unspecified atom stereocenters. The van der Waals surface area contributed by atoms with Gasteiger partial charge in [0.05, 0.1) is 8.07 Å². The summed E-state index contributed by atoms with van der Waals surface area (Å²) in [6, 6.07) is 21.3. The van der Waals surface area contributed by atoms with Crippen molar-refractivity contribution in [2.45, 2.75) is 51.1 Å². The van der Waals surface area contributed by atoms with E-state index in [1.54, 1.807) is 15.9 Å². The predicted octanol–water partition coefficient (Wildman–Crippen LogP) is -4.93. The van der Waals surface area contributed by atoms with E-state index in [4.69, 9.17) is 0 Å². The van der Waals surface area contributed by atoms with E-state index >= 15 is 0 Å². The van der Waals surface area contributed by atoms with E-state index < -0.39 is 8.07 Å². The molecule has 0 amide bonds. The fourth-order valence-corrected chi connectivity index (χ4v) is 9.54. The maximum absolute atomic E-state index is 2.44. The van der Waals surface area contributed by atoms with Gasteiger partial charge in [0.1, 0.15) is 0 Å². The Morgan fingerprint density at radius 3 is 1.88 bits per heavy atom. The minimum absolute atomic E-state index is 0. The Labute approximate surface area is 181 Å². The second-order valence-corrected chi connectivity index (χ2v) is 11.5. The molecule has 130 valence electrons. The van der Waals surface area contributed by atoms with E-state index in [1.807, 2.05) is 0 Å². The van der Waals surface area contributed by atoms with Crippen LogP contribution in [-0.2, 0) is 27.1 Å². The summed E-state index contributed by atoms with van der Waals surface area (Å²) in [5.74, 6) is 0. The van der Waals surface area contributed by atoms with Gasteiger partial charge in [0, 0.05) is 0 Å². The van der Waals surface area contributed by atoms with Crippen LogP contribution in [0, 0.1) is 0 Å². The number of hydrogen-bond donors (Lipinski definition) is 0. The van der Waals surface area contributed by atoms with Crippen molar-refractivity contribution in [1.29, 1.82) is 0 Å². The molecule has 2 aromatic rings. The normalized spacial score (nSPS) is 15.3. The molecule has 0 nitrogen and oxygen atoms in total. The first-order valence-corrected chi connectivity index (χ1v) is 10.3. The smallest absolute Gasteiger partial charge is 1.00 e. The number of rotatable bonds is 2. The molecule has 1 saturated heterocycles. The first-order valence-electron chi connectivity index (χ1n) is 7.86. The van der Waals surface area contributed by atoms with Gasteiger partial charge >= 0.3 is 21.7 Å². The third-order valence-corrected chi connectivity index (χ3v) is 10.2. The van der Waals surface area contributed by atoms with Crippen molar-refractivity contribution in [3.63, 3.8) is 0 Å². The molecule has 24 heavy (non-hydrogen) atoms. The zero-order valence-electron chi connectivity index (χ0n) is 14.6. The Morgan fingerprint density at radius 2 is 1.38 bits per heavy atom. The molecular weight excluding hydrogens is 411 g/mol. The van der Waals surface area contributed by atoms with Crippen LogP contribution in [0.4, 0.5) is 0 Å². The van der Waals surface area contributed by atoms with E-state index in [9.17, 15) is 0 Å². The molecule has 3 rings (SSSR count). The van der Waals surface area contributed by atoms with Crippen molar-refractivity contribution < 1.29 is 58.9 Å². The Hall–Kier alpha value is 0.371. The molecule has 0 saturated carbocycles. The standard InChI is InChI=1S/C19H25Si.3ClH.Ti/c1-19(2,3)17-12-9-13-18(17)20(14-7-8-15-20)16-10-5-4-6-11-16;;;;/h4-6,9-13H,7-8,14-15H2,1-3H3;3*1H;/q-1;;;;+4/p-3. The van der Waals surface area contributed by atoms with Crippen LogP contribution < -0.4 is 47.6 Å². The van der Waals surface area contributed by atoms with Gasteiger partial charge in [0.25, 0.3) is 0 Å². The van der Waals surface area contributed by atoms with Crippen LogP contribution in [-0.4, -0.2) is 8.07 Å². The molecule has 1 fully saturated rings. The van der Waals surface area contributed by atoms with Crippen LogP contribution in [0.2, 0.25) is 12.1 Å². The SMILES string of the molecule is CC(C)(C)c1ccc[c-]1[Si]1(c2ccccc2)CCCC1.[Cl-].[Cl-].[Cl-].[Ti+4]. The van der Waals surface area contributed by atoms with Crippen molar-refractivity contribution >= 4 is 18.4 Å². The molecule has 5 heteroatoms. The quantitative estimate of drug-likeness (QED) is 0.328. The number of hydrogen-bond acceptors (Lipinski definition) is 0. The van der Waals surface area contributed by atoms with Gasteiger partial charge in [0.2, 0.25) is 0 Å². The molecule has 1 aliphatic heterocycles. The Kier molecular flexibility index (Phi) is 11.6. The first-order chi connectivity index (χ1) is 9.54. The molecule has 0 bridgehead atoms. The van der Waals surface area contributed by atoms with E-state index in [0.29, 0.717) is 0 Å². The predicted molar refractivity (Wildman–Crippen MR) is 91.0 cm³/mol. The third kappa shape index (κ3) is 4.96. The molecule has 0 radical (unpaired) electrons. The summed E-state index contributed by atoms with van der Waals surface area (Å²) >= 11 is 0. The van der Waals surface area contributed by atoms with Crippen LogP contribution in [0.1, 0.15) is 39.2 Å². The van der Waals surface area contributed by atoms with Crippen molar-refractivity contribution in [3.8, 4) is 0 Å². The first kappa shape index (κ1) is 26.6. The van der Waals surface area contributed by atoms with Gasteiger partial charge in [-0.1, -0.05) is 81.2 Å². The monoisotopic (exact) mass is 434 g/mol. The molecule has 0 aromatic heterocycles. The van der Waals surface area contributed by atoms with E-state index in [0.717, 1.165) is 0 Å². The second-order valence-electron chi connectivity index (χ2n) is 7.26. The Bertz CT molecular complexity index is 584. The van der Waals surface area contributed by atoms with Gasteiger partial charge in [-0.3, -0.25) is 0 Å². The molecule has 0 spiro atoms. The van der Waals surface area contributed by atoms with E-state index in [2.05, 4.69) is 69.3 Å². The maximum atomic E-state index is 2.44. The molecule has 1 heterocycles.